The van der Waals surface area contributed by atoms with Crippen LogP contribution in [-0.2, 0) is 7.05 Å². The van der Waals surface area contributed by atoms with E-state index in [2.05, 4.69) is 10.3 Å². The van der Waals surface area contributed by atoms with Crippen LogP contribution in [0.25, 0.3) is 16.6 Å². The number of methoxy groups -OCH3 is 1. The number of fused-ring (bicyclic) bond motifs is 3. The number of carbonyl (C=O) groups excluding carboxylic acids is 1. The van der Waals surface area contributed by atoms with Gasteiger partial charge in [0.1, 0.15) is 30.3 Å². The van der Waals surface area contributed by atoms with Gasteiger partial charge in [-0.2, -0.15) is 0 Å². The fourth-order valence-corrected chi connectivity index (χ4v) is 4.83. The predicted molar refractivity (Wildman–Crippen MR) is 156 cm³/mol. The lowest BCUT2D eigenvalue weighted by atomic mass is 10.1. The van der Waals surface area contributed by atoms with Gasteiger partial charge in [0.2, 0.25) is 5.75 Å². The first-order valence-electron chi connectivity index (χ1n) is 13.3. The molecule has 0 saturated heterocycles. The minimum absolute atomic E-state index is 0.0693. The molecule has 0 radical (unpaired) electrons. The molecule has 0 atom stereocenters. The number of pyridine rings is 1. The molecule has 0 unspecified atom stereocenters. The van der Waals surface area contributed by atoms with Crippen LogP contribution >= 0.6 is 0 Å². The van der Waals surface area contributed by atoms with E-state index in [1.165, 1.54) is 38.6 Å². The van der Waals surface area contributed by atoms with Crippen LogP contribution in [-0.4, -0.2) is 40.3 Å². The summed E-state index contributed by atoms with van der Waals surface area (Å²) in [5.41, 5.74) is -1.00. The molecule has 44 heavy (non-hydrogen) atoms. The maximum atomic E-state index is 15.4. The molecular formula is C31H24F2N4O7. The Kier molecular flexibility index (Phi) is 7.21. The topological polar surface area (TPSA) is 123 Å². The van der Waals surface area contributed by atoms with Gasteiger partial charge in [0.15, 0.2) is 23.1 Å². The van der Waals surface area contributed by atoms with Crippen LogP contribution in [0.5, 0.6) is 28.7 Å². The van der Waals surface area contributed by atoms with E-state index in [4.69, 9.17) is 18.9 Å². The molecule has 2 aromatic heterocycles. The molecule has 1 aliphatic heterocycles. The second-order valence-corrected chi connectivity index (χ2v) is 9.84. The molecular weight excluding hydrogens is 578 g/mol. The number of aromatic nitrogens is 3. The molecule has 0 aliphatic carbocycles. The third-order valence-corrected chi connectivity index (χ3v) is 6.99. The van der Waals surface area contributed by atoms with Crippen molar-refractivity contribution in [3.63, 3.8) is 0 Å². The van der Waals surface area contributed by atoms with Crippen molar-refractivity contribution in [2.75, 3.05) is 25.6 Å². The molecule has 11 nitrogen and oxygen atoms in total. The highest BCUT2D eigenvalue weighted by atomic mass is 19.1. The summed E-state index contributed by atoms with van der Waals surface area (Å²) in [7, 11) is 2.86. The largest absolute Gasteiger partial charge is 0.493 e. The first-order chi connectivity index (χ1) is 21.2. The maximum absolute atomic E-state index is 15.4. The Morgan fingerprint density at radius 2 is 1.70 bits per heavy atom. The number of aryl methyl sites for hydroxylation is 2. The van der Waals surface area contributed by atoms with Gasteiger partial charge in [-0.25, -0.2) is 18.1 Å². The molecule has 1 aliphatic rings. The van der Waals surface area contributed by atoms with Crippen molar-refractivity contribution in [3.05, 3.63) is 105 Å². The highest BCUT2D eigenvalue weighted by molar-refractivity contribution is 6.04. The quantitative estimate of drug-likeness (QED) is 0.302. The molecule has 5 aromatic rings. The Labute approximate surface area is 247 Å². The monoisotopic (exact) mass is 602 g/mol. The smallest absolute Gasteiger partial charge is 0.335 e. The number of nitrogens with one attached hydrogen (secondary N) is 1. The Hall–Kier alpha value is -5.72. The Morgan fingerprint density at radius 1 is 0.977 bits per heavy atom. The van der Waals surface area contributed by atoms with Crippen molar-refractivity contribution in [3.8, 4) is 34.4 Å². The van der Waals surface area contributed by atoms with Crippen molar-refractivity contribution in [1.82, 2.24) is 14.1 Å². The van der Waals surface area contributed by atoms with Crippen LogP contribution < -0.4 is 35.5 Å². The summed E-state index contributed by atoms with van der Waals surface area (Å²) in [6.07, 6.45) is 2.58. The molecule has 0 bridgehead atoms. The second kappa shape index (κ2) is 11.2. The highest BCUT2D eigenvalue weighted by Gasteiger charge is 2.25. The number of anilines is 1. The van der Waals surface area contributed by atoms with Crippen molar-refractivity contribution in [2.45, 2.75) is 6.92 Å². The van der Waals surface area contributed by atoms with E-state index < -0.39 is 28.8 Å². The normalized spacial score (nSPS) is 12.2. The zero-order valence-electron chi connectivity index (χ0n) is 23.6. The zero-order chi connectivity index (χ0) is 31.1. The van der Waals surface area contributed by atoms with E-state index in [9.17, 15) is 18.8 Å². The first-order valence-corrected chi connectivity index (χ1v) is 13.3. The van der Waals surface area contributed by atoms with Crippen molar-refractivity contribution in [2.24, 2.45) is 7.05 Å². The van der Waals surface area contributed by atoms with Crippen molar-refractivity contribution < 1.29 is 32.5 Å². The van der Waals surface area contributed by atoms with Crippen LogP contribution in [0.3, 0.4) is 0 Å². The number of hydrogen-bond donors (Lipinski definition) is 1. The fourth-order valence-electron chi connectivity index (χ4n) is 4.83. The van der Waals surface area contributed by atoms with E-state index in [0.29, 0.717) is 40.3 Å². The molecule has 3 aromatic carbocycles. The van der Waals surface area contributed by atoms with E-state index in [1.54, 1.807) is 19.1 Å². The first kappa shape index (κ1) is 28.4. The number of halogens is 2. The standard InChI is InChI=1S/C31H24F2N4O7/c1-16-12-24(44-23-8-9-34-22-14-25(41-3)27-28(26(22)23)43-11-10-42-27)20(33)13-21(16)35-29(38)19-15-36(2)31(40)37(30(19)39)18-6-4-17(32)5-7-18/h4-9,12-15H,10-11H2,1-3H3,(H,35,38). The number of amides is 1. The second-order valence-electron chi connectivity index (χ2n) is 9.84. The van der Waals surface area contributed by atoms with Crippen LogP contribution in [0.15, 0.2) is 70.5 Å². The number of rotatable bonds is 6. The molecule has 1 amide bonds. The zero-order valence-corrected chi connectivity index (χ0v) is 23.6. The van der Waals surface area contributed by atoms with Gasteiger partial charge in [-0.3, -0.25) is 14.6 Å². The van der Waals surface area contributed by atoms with Gasteiger partial charge >= 0.3 is 5.69 Å². The molecule has 6 rings (SSSR count). The molecule has 13 heteroatoms. The van der Waals surface area contributed by atoms with Crippen LogP contribution in [0.2, 0.25) is 0 Å². The molecule has 1 N–H and O–H groups in total. The summed E-state index contributed by atoms with van der Waals surface area (Å²) in [5, 5.41) is 3.00. The number of nitrogens with zero attached hydrogens (tertiary/aromatic N) is 3. The third kappa shape index (κ3) is 4.97. The van der Waals surface area contributed by atoms with Gasteiger partial charge in [-0.1, -0.05) is 0 Å². The van der Waals surface area contributed by atoms with E-state index in [1.807, 2.05) is 0 Å². The summed E-state index contributed by atoms with van der Waals surface area (Å²) in [5.74, 6) is -0.960. The summed E-state index contributed by atoms with van der Waals surface area (Å²) in [6.45, 7) is 2.23. The fraction of sp³-hybridized carbons (Fsp3) is 0.161. The van der Waals surface area contributed by atoms with Crippen LogP contribution in [0, 0.1) is 18.6 Å². The summed E-state index contributed by atoms with van der Waals surface area (Å²) in [4.78, 5) is 43.5. The van der Waals surface area contributed by atoms with Gasteiger partial charge < -0.3 is 28.8 Å². The molecule has 3 heterocycles. The molecule has 224 valence electrons. The number of ether oxygens (including phenoxy) is 4. The Morgan fingerprint density at radius 3 is 2.43 bits per heavy atom. The highest BCUT2D eigenvalue weighted by Crippen LogP contribution is 2.48. The number of carbonyl (C=O) groups is 1. The van der Waals surface area contributed by atoms with Gasteiger partial charge in [-0.15, -0.1) is 0 Å². The van der Waals surface area contributed by atoms with Crippen LogP contribution in [0.4, 0.5) is 14.5 Å². The van der Waals surface area contributed by atoms with Gasteiger partial charge in [0.25, 0.3) is 11.5 Å². The SMILES string of the molecule is COc1cc2nccc(Oc3cc(C)c(NC(=O)c4cn(C)c(=O)n(-c5ccc(F)cc5)c4=O)cc3F)c2c2c1OCCO2. The number of benzene rings is 3. The Bertz CT molecular complexity index is 2070. The summed E-state index contributed by atoms with van der Waals surface area (Å²) < 4.78 is 53.7. The predicted octanol–water partition coefficient (Wildman–Crippen LogP) is 4.50. The summed E-state index contributed by atoms with van der Waals surface area (Å²) >= 11 is 0. The molecule has 0 spiro atoms. The van der Waals surface area contributed by atoms with Gasteiger partial charge in [0, 0.05) is 37.3 Å². The van der Waals surface area contributed by atoms with Crippen molar-refractivity contribution >= 4 is 22.5 Å². The average Bonchev–Trinajstić information content (AvgIpc) is 3.01. The lowest BCUT2D eigenvalue weighted by molar-refractivity contribution is 0.102. The molecule has 0 saturated carbocycles. The minimum atomic E-state index is -0.925. The van der Waals surface area contributed by atoms with E-state index in [0.717, 1.165) is 33.5 Å². The number of hydrogen-bond acceptors (Lipinski definition) is 8. The lowest BCUT2D eigenvalue weighted by Crippen LogP contribution is -2.41. The van der Waals surface area contributed by atoms with Crippen LogP contribution in [0.1, 0.15) is 15.9 Å². The third-order valence-electron chi connectivity index (χ3n) is 6.99. The minimum Gasteiger partial charge on any atom is -0.493 e. The maximum Gasteiger partial charge on any atom is 0.335 e. The van der Waals surface area contributed by atoms with E-state index >= 15 is 4.39 Å². The van der Waals surface area contributed by atoms with Crippen molar-refractivity contribution in [1.29, 1.82) is 0 Å². The Balaban J connectivity index is 1.33. The average molecular weight is 603 g/mol. The molecule has 0 fully saturated rings. The van der Waals surface area contributed by atoms with Gasteiger partial charge in [-0.05, 0) is 48.9 Å². The van der Waals surface area contributed by atoms with Gasteiger partial charge in [0.05, 0.1) is 23.7 Å². The lowest BCUT2D eigenvalue weighted by Gasteiger charge is -2.23. The van der Waals surface area contributed by atoms with E-state index in [-0.39, 0.29) is 35.0 Å². The summed E-state index contributed by atoms with van der Waals surface area (Å²) in [6, 6.07) is 10.3.